The molecule has 2 heterocycles. The molecule has 110 valence electrons. The molecule has 0 spiro atoms. The van der Waals surface area contributed by atoms with Crippen LogP contribution in [-0.2, 0) is 9.84 Å². The molecule has 1 unspecified atom stereocenters. The van der Waals surface area contributed by atoms with Gasteiger partial charge < -0.3 is 5.32 Å². The van der Waals surface area contributed by atoms with E-state index in [0.717, 1.165) is 32.5 Å². The third-order valence-electron chi connectivity index (χ3n) is 4.46. The predicted octanol–water partition coefficient (Wildman–Crippen LogP) is 1.21. The van der Waals surface area contributed by atoms with Crippen molar-refractivity contribution in [3.05, 3.63) is 35.9 Å². The second kappa shape index (κ2) is 5.84. The Morgan fingerprint density at radius 2 is 1.80 bits per heavy atom. The first-order chi connectivity index (χ1) is 9.66. The minimum atomic E-state index is -2.78. The topological polar surface area (TPSA) is 49.4 Å². The van der Waals surface area contributed by atoms with E-state index in [4.69, 9.17) is 0 Å². The number of rotatable bonds is 2. The summed E-state index contributed by atoms with van der Waals surface area (Å²) in [5, 5.41) is 3.46. The van der Waals surface area contributed by atoms with Crippen molar-refractivity contribution >= 4 is 9.84 Å². The Bertz CT molecular complexity index is 530. The molecule has 1 aromatic carbocycles. The lowest BCUT2D eigenvalue weighted by molar-refractivity contribution is 0.0986. The monoisotopic (exact) mass is 294 g/mol. The van der Waals surface area contributed by atoms with Crippen LogP contribution in [0, 0.1) is 0 Å². The molecule has 2 saturated heterocycles. The van der Waals surface area contributed by atoms with E-state index >= 15 is 0 Å². The molecule has 2 aliphatic heterocycles. The van der Waals surface area contributed by atoms with Crippen molar-refractivity contribution in [3.8, 4) is 0 Å². The van der Waals surface area contributed by atoms with Crippen LogP contribution in [0.25, 0.3) is 0 Å². The molecule has 0 saturated carbocycles. The number of sulfone groups is 1. The molecular formula is C15H22N2O2S. The summed E-state index contributed by atoms with van der Waals surface area (Å²) < 4.78 is 23.2. The van der Waals surface area contributed by atoms with Gasteiger partial charge in [-0.25, -0.2) is 8.42 Å². The highest BCUT2D eigenvalue weighted by Crippen LogP contribution is 2.29. The fourth-order valence-electron chi connectivity index (χ4n) is 3.35. The van der Waals surface area contributed by atoms with Crippen LogP contribution in [0.1, 0.15) is 24.4 Å². The van der Waals surface area contributed by atoms with E-state index in [1.54, 1.807) is 0 Å². The van der Waals surface area contributed by atoms with Gasteiger partial charge in [0.1, 0.15) is 9.84 Å². The van der Waals surface area contributed by atoms with E-state index in [9.17, 15) is 8.42 Å². The summed E-state index contributed by atoms with van der Waals surface area (Å²) in [7, 11) is -2.78. The smallest absolute Gasteiger partial charge is 0.150 e. The highest BCUT2D eigenvalue weighted by Gasteiger charge is 2.33. The SMILES string of the molecule is O=S1(=O)CCC(N2CCNCC2c2ccccc2)CC1. The average molecular weight is 294 g/mol. The molecule has 0 aromatic heterocycles. The van der Waals surface area contributed by atoms with Crippen molar-refractivity contribution in [2.75, 3.05) is 31.1 Å². The van der Waals surface area contributed by atoms with Crippen molar-refractivity contribution in [3.63, 3.8) is 0 Å². The van der Waals surface area contributed by atoms with Crippen LogP contribution in [0.2, 0.25) is 0 Å². The van der Waals surface area contributed by atoms with Gasteiger partial charge in [0.2, 0.25) is 0 Å². The molecule has 4 nitrogen and oxygen atoms in total. The van der Waals surface area contributed by atoms with E-state index in [-0.39, 0.29) is 0 Å². The third-order valence-corrected chi connectivity index (χ3v) is 6.18. The third kappa shape index (κ3) is 3.05. The van der Waals surface area contributed by atoms with Gasteiger partial charge in [0.15, 0.2) is 0 Å². The van der Waals surface area contributed by atoms with Gasteiger partial charge in [-0.15, -0.1) is 0 Å². The standard InChI is InChI=1S/C15H22N2O2S/c18-20(19)10-6-14(7-11-20)17-9-8-16-12-15(17)13-4-2-1-3-5-13/h1-5,14-16H,6-12H2. The normalized spacial score (nSPS) is 28.3. The summed E-state index contributed by atoms with van der Waals surface area (Å²) in [6, 6.07) is 11.3. The maximum absolute atomic E-state index is 11.6. The molecule has 2 aliphatic rings. The van der Waals surface area contributed by atoms with Crippen molar-refractivity contribution < 1.29 is 8.42 Å². The Kier molecular flexibility index (Phi) is 4.10. The maximum Gasteiger partial charge on any atom is 0.150 e. The fourth-order valence-corrected chi connectivity index (χ4v) is 4.82. The quantitative estimate of drug-likeness (QED) is 0.891. The Morgan fingerprint density at radius 3 is 2.50 bits per heavy atom. The lowest BCUT2D eigenvalue weighted by Crippen LogP contribution is -2.52. The van der Waals surface area contributed by atoms with Crippen LogP contribution in [0.15, 0.2) is 30.3 Å². The Labute approximate surface area is 121 Å². The van der Waals surface area contributed by atoms with E-state index in [1.165, 1.54) is 5.56 Å². The largest absolute Gasteiger partial charge is 0.314 e. The first-order valence-electron chi connectivity index (χ1n) is 7.37. The number of hydrogen-bond donors (Lipinski definition) is 1. The lowest BCUT2D eigenvalue weighted by atomic mass is 9.99. The molecule has 0 radical (unpaired) electrons. The van der Waals surface area contributed by atoms with Crippen LogP contribution >= 0.6 is 0 Å². The second-order valence-electron chi connectivity index (χ2n) is 5.75. The van der Waals surface area contributed by atoms with Gasteiger partial charge in [0, 0.05) is 31.7 Å². The molecule has 0 amide bonds. The van der Waals surface area contributed by atoms with Crippen LogP contribution in [-0.4, -0.2) is 50.5 Å². The number of nitrogens with one attached hydrogen (secondary N) is 1. The van der Waals surface area contributed by atoms with E-state index < -0.39 is 9.84 Å². The summed E-state index contributed by atoms with van der Waals surface area (Å²) in [5.74, 6) is 0.701. The van der Waals surface area contributed by atoms with Gasteiger partial charge in [-0.2, -0.15) is 0 Å². The Balaban J connectivity index is 1.76. The average Bonchev–Trinajstić information content (AvgIpc) is 2.48. The summed E-state index contributed by atoms with van der Waals surface area (Å²) in [6.07, 6.45) is 1.57. The minimum absolute atomic E-state index is 0.350. The van der Waals surface area contributed by atoms with E-state index in [0.29, 0.717) is 23.6 Å². The van der Waals surface area contributed by atoms with Crippen molar-refractivity contribution in [1.82, 2.24) is 10.2 Å². The summed E-state index contributed by atoms with van der Waals surface area (Å²) in [6.45, 7) is 2.95. The maximum atomic E-state index is 11.6. The van der Waals surface area contributed by atoms with Gasteiger partial charge in [0.05, 0.1) is 11.5 Å². The molecule has 3 rings (SSSR count). The highest BCUT2D eigenvalue weighted by atomic mass is 32.2. The Hall–Kier alpha value is -0.910. The van der Waals surface area contributed by atoms with Crippen LogP contribution in [0.4, 0.5) is 0 Å². The van der Waals surface area contributed by atoms with Crippen molar-refractivity contribution in [2.45, 2.75) is 24.9 Å². The van der Waals surface area contributed by atoms with Crippen LogP contribution in [0.3, 0.4) is 0 Å². The van der Waals surface area contributed by atoms with Crippen molar-refractivity contribution in [1.29, 1.82) is 0 Å². The molecule has 1 aromatic rings. The number of piperazine rings is 1. The van der Waals surface area contributed by atoms with Gasteiger partial charge in [0.25, 0.3) is 0 Å². The van der Waals surface area contributed by atoms with Crippen molar-refractivity contribution in [2.24, 2.45) is 0 Å². The molecule has 1 atom stereocenters. The first-order valence-corrected chi connectivity index (χ1v) is 9.20. The molecular weight excluding hydrogens is 272 g/mol. The molecule has 5 heteroatoms. The number of hydrogen-bond acceptors (Lipinski definition) is 4. The van der Waals surface area contributed by atoms with Crippen LogP contribution < -0.4 is 5.32 Å². The zero-order valence-electron chi connectivity index (χ0n) is 11.7. The Morgan fingerprint density at radius 1 is 1.10 bits per heavy atom. The van der Waals surface area contributed by atoms with Gasteiger partial charge in [-0.1, -0.05) is 30.3 Å². The van der Waals surface area contributed by atoms with Crippen LogP contribution in [0.5, 0.6) is 0 Å². The second-order valence-corrected chi connectivity index (χ2v) is 8.06. The van der Waals surface area contributed by atoms with E-state index in [1.807, 2.05) is 6.07 Å². The zero-order valence-corrected chi connectivity index (χ0v) is 12.5. The molecule has 20 heavy (non-hydrogen) atoms. The molecule has 0 bridgehead atoms. The number of nitrogens with zero attached hydrogens (tertiary/aromatic N) is 1. The predicted molar refractivity (Wildman–Crippen MR) is 80.4 cm³/mol. The molecule has 2 fully saturated rings. The minimum Gasteiger partial charge on any atom is -0.314 e. The van der Waals surface area contributed by atoms with Gasteiger partial charge in [-0.3, -0.25) is 4.90 Å². The van der Waals surface area contributed by atoms with E-state index in [2.05, 4.69) is 34.5 Å². The highest BCUT2D eigenvalue weighted by molar-refractivity contribution is 7.91. The molecule has 1 N–H and O–H groups in total. The van der Waals surface area contributed by atoms with Gasteiger partial charge in [-0.05, 0) is 18.4 Å². The van der Waals surface area contributed by atoms with Gasteiger partial charge >= 0.3 is 0 Å². The zero-order chi connectivity index (χ0) is 14.0. The summed E-state index contributed by atoms with van der Waals surface area (Å²) in [5.41, 5.74) is 1.33. The lowest BCUT2D eigenvalue weighted by Gasteiger charge is -2.43. The molecule has 0 aliphatic carbocycles. The summed E-state index contributed by atoms with van der Waals surface area (Å²) >= 11 is 0. The first kappa shape index (κ1) is 14.0. The fraction of sp³-hybridized carbons (Fsp3) is 0.600. The number of benzene rings is 1. The summed E-state index contributed by atoms with van der Waals surface area (Å²) in [4.78, 5) is 2.51.